The number of amides is 1. The van der Waals surface area contributed by atoms with Gasteiger partial charge in [0.2, 0.25) is 0 Å². The summed E-state index contributed by atoms with van der Waals surface area (Å²) in [5.74, 6) is -0.765. The Kier molecular flexibility index (Phi) is 7.17. The Morgan fingerprint density at radius 3 is 2.30 bits per heavy atom. The van der Waals surface area contributed by atoms with Crippen LogP contribution < -0.4 is 9.73 Å². The van der Waals surface area contributed by atoms with Crippen LogP contribution in [0.1, 0.15) is 16.7 Å². The topological polar surface area (TPSA) is 78.8 Å². The van der Waals surface area contributed by atoms with Crippen molar-refractivity contribution in [3.8, 4) is 0 Å². The van der Waals surface area contributed by atoms with E-state index in [-0.39, 0.29) is 16.1 Å². The lowest BCUT2D eigenvalue weighted by molar-refractivity contribution is -0.137. The van der Waals surface area contributed by atoms with E-state index in [1.807, 2.05) is 6.92 Å². The molecule has 0 fully saturated rings. The number of rotatable bonds is 7. The molecule has 10 heteroatoms. The predicted octanol–water partition coefficient (Wildman–Crippen LogP) is 4.36. The van der Waals surface area contributed by atoms with E-state index in [2.05, 4.69) is 10.5 Å². The third kappa shape index (κ3) is 6.19. The van der Waals surface area contributed by atoms with Crippen molar-refractivity contribution in [2.45, 2.75) is 18.0 Å². The van der Waals surface area contributed by atoms with Gasteiger partial charge in [-0.05, 0) is 48.9 Å². The molecule has 0 aliphatic heterocycles. The van der Waals surface area contributed by atoms with Gasteiger partial charge in [-0.15, -0.1) is 0 Å². The molecule has 1 N–H and O–H groups in total. The first-order valence-electron chi connectivity index (χ1n) is 9.71. The molecule has 3 rings (SSSR count). The minimum atomic E-state index is -4.51. The fourth-order valence-electron chi connectivity index (χ4n) is 2.89. The van der Waals surface area contributed by atoms with Gasteiger partial charge in [-0.2, -0.15) is 18.3 Å². The maximum Gasteiger partial charge on any atom is 0.416 e. The molecule has 0 radical (unpaired) electrons. The van der Waals surface area contributed by atoms with Crippen LogP contribution >= 0.6 is 0 Å². The van der Waals surface area contributed by atoms with Crippen molar-refractivity contribution in [3.63, 3.8) is 0 Å². The zero-order valence-corrected chi connectivity index (χ0v) is 18.3. The zero-order valence-electron chi connectivity index (χ0n) is 17.5. The van der Waals surface area contributed by atoms with Gasteiger partial charge in [0.1, 0.15) is 6.54 Å². The molecule has 0 aliphatic rings. The van der Waals surface area contributed by atoms with Gasteiger partial charge in [0.15, 0.2) is 0 Å². The number of hydrogen-bond acceptors (Lipinski definition) is 4. The van der Waals surface area contributed by atoms with Crippen molar-refractivity contribution in [1.29, 1.82) is 0 Å². The normalized spacial score (nSPS) is 12.0. The minimum Gasteiger partial charge on any atom is -0.271 e. The molecule has 0 aromatic heterocycles. The molecule has 33 heavy (non-hydrogen) atoms. The summed E-state index contributed by atoms with van der Waals surface area (Å²) in [5.41, 5.74) is 2.63. The fraction of sp³-hybridized carbons (Fsp3) is 0.130. The average Bonchev–Trinajstić information content (AvgIpc) is 2.78. The lowest BCUT2D eigenvalue weighted by atomic mass is 10.1. The standard InChI is InChI=1S/C23H20F3N3O3S/c1-17-10-12-20(13-11-17)29(33(31,32)21-8-3-2-4-9-21)16-22(30)28-27-15-18-6-5-7-19(14-18)23(24,25)26/h2-15H,16H2,1H3,(H,28,30)/b27-15+. The van der Waals surface area contributed by atoms with E-state index in [0.717, 1.165) is 28.2 Å². The Bertz CT molecular complexity index is 1240. The highest BCUT2D eigenvalue weighted by Gasteiger charge is 2.30. The van der Waals surface area contributed by atoms with E-state index in [4.69, 9.17) is 0 Å². The van der Waals surface area contributed by atoms with Crippen LogP contribution in [0, 0.1) is 6.92 Å². The van der Waals surface area contributed by atoms with E-state index in [0.29, 0.717) is 0 Å². The number of nitrogens with one attached hydrogen (secondary N) is 1. The summed E-state index contributed by atoms with van der Waals surface area (Å²) in [5, 5.41) is 3.67. The molecule has 6 nitrogen and oxygen atoms in total. The lowest BCUT2D eigenvalue weighted by Crippen LogP contribution is -2.39. The Morgan fingerprint density at radius 1 is 1.00 bits per heavy atom. The van der Waals surface area contributed by atoms with E-state index < -0.39 is 34.2 Å². The lowest BCUT2D eigenvalue weighted by Gasteiger charge is -2.23. The second-order valence-corrected chi connectivity index (χ2v) is 8.94. The molecular weight excluding hydrogens is 455 g/mol. The highest BCUT2D eigenvalue weighted by Crippen LogP contribution is 2.29. The molecule has 1 amide bonds. The van der Waals surface area contributed by atoms with Crippen LogP contribution in [0.5, 0.6) is 0 Å². The van der Waals surface area contributed by atoms with E-state index in [1.54, 1.807) is 42.5 Å². The van der Waals surface area contributed by atoms with Crippen LogP contribution in [-0.2, 0) is 21.0 Å². The Hall–Kier alpha value is -3.66. The molecule has 0 unspecified atom stereocenters. The first kappa shape index (κ1) is 24.0. The first-order chi connectivity index (χ1) is 15.6. The number of aryl methyl sites for hydroxylation is 1. The van der Waals surface area contributed by atoms with Crippen LogP contribution in [0.2, 0.25) is 0 Å². The van der Waals surface area contributed by atoms with Gasteiger partial charge >= 0.3 is 6.18 Å². The van der Waals surface area contributed by atoms with Crippen LogP contribution in [0.4, 0.5) is 18.9 Å². The largest absolute Gasteiger partial charge is 0.416 e. The number of carbonyl (C=O) groups is 1. The number of benzene rings is 3. The van der Waals surface area contributed by atoms with Crippen molar-refractivity contribution in [1.82, 2.24) is 5.43 Å². The average molecular weight is 475 g/mol. The number of halogens is 3. The minimum absolute atomic E-state index is 0.00541. The maximum absolute atomic E-state index is 13.2. The molecule has 3 aromatic rings. The molecule has 172 valence electrons. The summed E-state index contributed by atoms with van der Waals surface area (Å²) in [6, 6.07) is 18.6. The molecule has 0 spiro atoms. The molecule has 0 heterocycles. The van der Waals surface area contributed by atoms with Crippen LogP contribution in [0.25, 0.3) is 0 Å². The summed E-state index contributed by atoms with van der Waals surface area (Å²) in [7, 11) is -4.07. The van der Waals surface area contributed by atoms with Gasteiger partial charge in [-0.1, -0.05) is 48.0 Å². The Morgan fingerprint density at radius 2 is 1.67 bits per heavy atom. The molecular formula is C23H20F3N3O3S. The highest BCUT2D eigenvalue weighted by atomic mass is 32.2. The number of hydrazone groups is 1. The van der Waals surface area contributed by atoms with Crippen LogP contribution in [-0.4, -0.2) is 27.1 Å². The summed E-state index contributed by atoms with van der Waals surface area (Å²) in [4.78, 5) is 12.5. The fourth-order valence-corrected chi connectivity index (χ4v) is 4.33. The third-order valence-electron chi connectivity index (χ3n) is 4.56. The molecule has 3 aromatic carbocycles. The van der Waals surface area contributed by atoms with Crippen LogP contribution in [0.3, 0.4) is 0 Å². The summed E-state index contributed by atoms with van der Waals surface area (Å²) >= 11 is 0. The summed E-state index contributed by atoms with van der Waals surface area (Å²) in [6.45, 7) is 1.26. The molecule has 0 saturated heterocycles. The number of carbonyl (C=O) groups excluding carboxylic acids is 1. The van der Waals surface area contributed by atoms with Gasteiger partial charge in [-0.25, -0.2) is 13.8 Å². The Labute approximate surface area is 189 Å². The molecule has 0 saturated carbocycles. The van der Waals surface area contributed by atoms with Gasteiger partial charge in [0.05, 0.1) is 22.4 Å². The van der Waals surface area contributed by atoms with Crippen molar-refractivity contribution >= 4 is 27.8 Å². The van der Waals surface area contributed by atoms with E-state index in [9.17, 15) is 26.4 Å². The summed E-state index contributed by atoms with van der Waals surface area (Å²) in [6.07, 6.45) is -3.46. The number of alkyl halides is 3. The highest BCUT2D eigenvalue weighted by molar-refractivity contribution is 7.92. The predicted molar refractivity (Wildman–Crippen MR) is 119 cm³/mol. The van der Waals surface area contributed by atoms with Crippen LogP contribution in [0.15, 0.2) is 88.9 Å². The second-order valence-electron chi connectivity index (χ2n) is 7.08. The Balaban J connectivity index is 1.80. The van der Waals surface area contributed by atoms with Gasteiger partial charge < -0.3 is 0 Å². The van der Waals surface area contributed by atoms with Gasteiger partial charge in [-0.3, -0.25) is 9.10 Å². The smallest absolute Gasteiger partial charge is 0.271 e. The first-order valence-corrected chi connectivity index (χ1v) is 11.1. The number of sulfonamides is 1. The summed E-state index contributed by atoms with van der Waals surface area (Å²) < 4.78 is 65.8. The van der Waals surface area contributed by atoms with Gasteiger partial charge in [0, 0.05) is 0 Å². The number of anilines is 1. The van der Waals surface area contributed by atoms with Gasteiger partial charge in [0.25, 0.3) is 15.9 Å². The number of nitrogens with zero attached hydrogens (tertiary/aromatic N) is 2. The van der Waals surface area contributed by atoms with Crippen molar-refractivity contribution in [2.24, 2.45) is 5.10 Å². The molecule has 0 atom stereocenters. The quantitative estimate of drug-likeness (QED) is 0.407. The maximum atomic E-state index is 13.2. The van der Waals surface area contributed by atoms with Crippen molar-refractivity contribution < 1.29 is 26.4 Å². The van der Waals surface area contributed by atoms with E-state index >= 15 is 0 Å². The monoisotopic (exact) mass is 475 g/mol. The SMILES string of the molecule is Cc1ccc(N(CC(=O)N/N=C/c2cccc(C(F)(F)F)c2)S(=O)(=O)c2ccccc2)cc1. The molecule has 0 bridgehead atoms. The van der Waals surface area contributed by atoms with E-state index in [1.165, 1.54) is 24.3 Å². The third-order valence-corrected chi connectivity index (χ3v) is 6.35. The second kappa shape index (κ2) is 9.86. The van der Waals surface area contributed by atoms with Crippen molar-refractivity contribution in [3.05, 3.63) is 95.6 Å². The zero-order chi connectivity index (χ0) is 24.1. The number of hydrogen-bond donors (Lipinski definition) is 1. The van der Waals surface area contributed by atoms with Crippen molar-refractivity contribution in [2.75, 3.05) is 10.8 Å². The molecule has 0 aliphatic carbocycles.